The Morgan fingerprint density at radius 3 is 1.86 bits per heavy atom. The highest BCUT2D eigenvalue weighted by Crippen LogP contribution is 2.21. The van der Waals surface area contributed by atoms with Crippen LogP contribution in [0.25, 0.3) is 0 Å². The largest absolute Gasteiger partial charge is 0.366 e. The molecule has 0 spiro atoms. The first kappa shape index (κ1) is 16.7. The van der Waals surface area contributed by atoms with E-state index in [0.29, 0.717) is 31.5 Å². The lowest BCUT2D eigenvalue weighted by Gasteiger charge is -2.15. The Balaban J connectivity index is 0.000000211. The van der Waals surface area contributed by atoms with E-state index in [1.807, 2.05) is 0 Å². The van der Waals surface area contributed by atoms with Gasteiger partial charge in [0.05, 0.1) is 6.42 Å². The first-order valence-corrected chi connectivity index (χ1v) is 6.57. The van der Waals surface area contributed by atoms with Crippen molar-refractivity contribution < 1.29 is 29.5 Å². The van der Waals surface area contributed by atoms with E-state index in [2.05, 4.69) is 0 Å². The third-order valence-corrected chi connectivity index (χ3v) is 4.11. The first-order valence-electron chi connectivity index (χ1n) is 6.57. The van der Waals surface area contributed by atoms with Gasteiger partial charge in [0.2, 0.25) is 5.54 Å². The van der Waals surface area contributed by atoms with Crippen molar-refractivity contribution in [1.82, 2.24) is 0 Å². The number of hydrogen-bond donors (Lipinski definition) is 5. The molecule has 0 aromatic carbocycles. The summed E-state index contributed by atoms with van der Waals surface area (Å²) in [5, 5.41) is 18.4. The molecule has 0 fully saturated rings. The maximum atomic E-state index is 10.8. The number of primary amides is 2. The van der Waals surface area contributed by atoms with Gasteiger partial charge in [-0.05, 0) is 11.7 Å². The van der Waals surface area contributed by atoms with E-state index in [9.17, 15) is 14.8 Å². The molecular formula is C12H23N5O4+2. The normalized spacial score (nSPS) is 31.4. The Morgan fingerprint density at radius 2 is 1.67 bits per heavy atom. The molecule has 0 aliphatic carbocycles. The lowest BCUT2D eigenvalue weighted by molar-refractivity contribution is -0.809. The third-order valence-electron chi connectivity index (χ3n) is 4.11. The van der Waals surface area contributed by atoms with Crippen molar-refractivity contribution in [3.63, 3.8) is 0 Å². The predicted octanol–water partition coefficient (Wildman–Crippen LogP) is -1.72. The van der Waals surface area contributed by atoms with E-state index in [0.717, 1.165) is 9.48 Å². The lowest BCUT2D eigenvalue weighted by Crippen LogP contribution is -2.48. The van der Waals surface area contributed by atoms with Gasteiger partial charge in [-0.1, -0.05) is 4.74 Å². The van der Waals surface area contributed by atoms with Crippen LogP contribution in [0.2, 0.25) is 0 Å². The van der Waals surface area contributed by atoms with E-state index >= 15 is 0 Å². The second-order valence-electron chi connectivity index (χ2n) is 5.65. The van der Waals surface area contributed by atoms with Gasteiger partial charge < -0.3 is 16.7 Å². The summed E-state index contributed by atoms with van der Waals surface area (Å²) >= 11 is 0. The van der Waals surface area contributed by atoms with Gasteiger partial charge in [-0.25, -0.2) is 0 Å². The molecule has 0 radical (unpaired) electrons. The number of rotatable bonds is 2. The Hall–Kier alpha value is -2.32. The highest BCUT2D eigenvalue weighted by atomic mass is 16.5. The maximum absolute atomic E-state index is 10.8. The van der Waals surface area contributed by atoms with E-state index < -0.39 is 22.9 Å². The van der Waals surface area contributed by atoms with Gasteiger partial charge in [-0.2, -0.15) is 0 Å². The topological polar surface area (TPSA) is 159 Å². The van der Waals surface area contributed by atoms with E-state index in [-0.39, 0.29) is 0 Å². The summed E-state index contributed by atoms with van der Waals surface area (Å²) < 4.78 is 1.66. The number of hydrogen-bond acceptors (Lipinski definition) is 5. The smallest absolute Gasteiger partial charge is 0.293 e. The summed E-state index contributed by atoms with van der Waals surface area (Å²) in [5.74, 6) is -0.740. The Bertz CT molecular complexity index is 530. The molecule has 2 amide bonds. The molecule has 0 aromatic rings. The number of amides is 2. The SMILES string of the molecule is CC1(C(N)=O)CCC(N)=[N+]1O.CC1(C(N)=O)CCC=[N+]1O. The Labute approximate surface area is 122 Å². The molecule has 2 heterocycles. The van der Waals surface area contributed by atoms with Crippen molar-refractivity contribution in [3.05, 3.63) is 0 Å². The first-order chi connectivity index (χ1) is 9.55. The fourth-order valence-electron chi connectivity index (χ4n) is 2.15. The summed E-state index contributed by atoms with van der Waals surface area (Å²) in [6.45, 7) is 3.19. The maximum Gasteiger partial charge on any atom is 0.293 e. The molecule has 2 unspecified atom stereocenters. The molecule has 2 rings (SSSR count). The quantitative estimate of drug-likeness (QED) is 0.302. The molecule has 2 aliphatic heterocycles. The van der Waals surface area contributed by atoms with Crippen LogP contribution in [-0.2, 0) is 9.59 Å². The highest BCUT2D eigenvalue weighted by molar-refractivity contribution is 5.87. The molecule has 0 bridgehead atoms. The number of carbonyl (C=O) groups is 2. The third kappa shape index (κ3) is 2.91. The molecule has 118 valence electrons. The number of hydroxylamine groups is 2. The van der Waals surface area contributed by atoms with Crippen molar-refractivity contribution in [1.29, 1.82) is 0 Å². The molecule has 0 saturated heterocycles. The minimum absolute atomic E-state index is 0.298. The van der Waals surface area contributed by atoms with E-state index in [1.54, 1.807) is 20.1 Å². The van der Waals surface area contributed by atoms with Gasteiger partial charge in [-0.15, -0.1) is 0 Å². The summed E-state index contributed by atoms with van der Waals surface area (Å²) in [6.07, 6.45) is 3.85. The van der Waals surface area contributed by atoms with Crippen LogP contribution >= 0.6 is 0 Å². The predicted molar refractivity (Wildman–Crippen MR) is 73.0 cm³/mol. The zero-order valence-corrected chi connectivity index (χ0v) is 12.2. The fraction of sp³-hybridized carbons (Fsp3) is 0.667. The Kier molecular flexibility index (Phi) is 4.45. The molecule has 2 atom stereocenters. The van der Waals surface area contributed by atoms with Crippen LogP contribution in [0.1, 0.15) is 39.5 Å². The molecule has 2 aliphatic rings. The fourth-order valence-corrected chi connectivity index (χ4v) is 2.15. The van der Waals surface area contributed by atoms with Crippen molar-refractivity contribution in [3.8, 4) is 0 Å². The van der Waals surface area contributed by atoms with Crippen LogP contribution in [0.15, 0.2) is 0 Å². The van der Waals surface area contributed by atoms with Gasteiger partial charge in [0.25, 0.3) is 23.2 Å². The molecule has 9 nitrogen and oxygen atoms in total. The van der Waals surface area contributed by atoms with E-state index in [1.165, 1.54) is 0 Å². The summed E-state index contributed by atoms with van der Waals surface area (Å²) in [5.41, 5.74) is 13.6. The number of amidine groups is 1. The highest BCUT2D eigenvalue weighted by Gasteiger charge is 2.47. The second kappa shape index (κ2) is 5.58. The summed E-state index contributed by atoms with van der Waals surface area (Å²) in [4.78, 5) is 21.6. The molecular weight excluding hydrogens is 278 g/mol. The average Bonchev–Trinajstić information content (AvgIpc) is 2.88. The van der Waals surface area contributed by atoms with Crippen LogP contribution in [0.4, 0.5) is 0 Å². The second-order valence-corrected chi connectivity index (χ2v) is 5.65. The van der Waals surface area contributed by atoms with Gasteiger partial charge in [-0.3, -0.25) is 20.5 Å². The molecule has 0 saturated carbocycles. The zero-order valence-electron chi connectivity index (χ0n) is 12.2. The van der Waals surface area contributed by atoms with Crippen LogP contribution in [0, 0.1) is 0 Å². The summed E-state index contributed by atoms with van der Waals surface area (Å²) in [7, 11) is 0. The molecule has 21 heavy (non-hydrogen) atoms. The lowest BCUT2D eigenvalue weighted by atomic mass is 9.99. The van der Waals surface area contributed by atoms with Crippen LogP contribution in [0.3, 0.4) is 0 Å². The number of nitrogens with zero attached hydrogens (tertiary/aromatic N) is 2. The van der Waals surface area contributed by atoms with Gasteiger partial charge in [0.1, 0.15) is 0 Å². The standard InChI is InChI=1S/C6H11N3O2.C6H10N2O2/c1-6(5(8)10)3-2-4(7)9(6)11;1-6(5(7)9)3-2-4-8(6)10/h7,11H,2-3H2,1H3,(H2,8,10);4H,2-3H2,1H3,(H2-,7,9,10)/p+2. The van der Waals surface area contributed by atoms with Crippen molar-refractivity contribution in [2.45, 2.75) is 50.6 Å². The Morgan fingerprint density at radius 1 is 1.14 bits per heavy atom. The van der Waals surface area contributed by atoms with Gasteiger partial charge in [0.15, 0.2) is 6.21 Å². The number of carbonyl (C=O) groups excluding carboxylic acids is 2. The minimum Gasteiger partial charge on any atom is -0.366 e. The average molecular weight is 301 g/mol. The van der Waals surface area contributed by atoms with Crippen LogP contribution < -0.4 is 17.2 Å². The number of nitrogens with two attached hydrogens (primary N) is 3. The molecule has 9 heteroatoms. The molecule has 0 aromatic heterocycles. The zero-order chi connectivity index (χ0) is 16.4. The molecule has 8 N–H and O–H groups in total. The minimum atomic E-state index is -1.01. The van der Waals surface area contributed by atoms with Crippen molar-refractivity contribution >= 4 is 23.9 Å². The van der Waals surface area contributed by atoms with E-state index in [4.69, 9.17) is 22.4 Å². The monoisotopic (exact) mass is 301 g/mol. The van der Waals surface area contributed by atoms with Crippen LogP contribution in [0.5, 0.6) is 0 Å². The summed E-state index contributed by atoms with van der Waals surface area (Å²) in [6, 6.07) is 0. The van der Waals surface area contributed by atoms with Crippen molar-refractivity contribution in [2.75, 3.05) is 0 Å². The van der Waals surface area contributed by atoms with Crippen molar-refractivity contribution in [2.24, 2.45) is 17.2 Å². The van der Waals surface area contributed by atoms with Gasteiger partial charge in [0, 0.05) is 26.2 Å². The van der Waals surface area contributed by atoms with Gasteiger partial charge >= 0.3 is 0 Å². The van der Waals surface area contributed by atoms with Crippen LogP contribution in [-0.4, -0.2) is 54.8 Å².